The first-order valence-corrected chi connectivity index (χ1v) is 7.53. The second-order valence-electron chi connectivity index (χ2n) is 4.45. The topological polar surface area (TPSA) is 38.8 Å². The minimum absolute atomic E-state index is 0.0530. The van der Waals surface area contributed by atoms with Crippen LogP contribution in [0.5, 0.6) is 11.5 Å². The number of nitrogens with zero attached hydrogens (tertiary/aromatic N) is 1. The molecule has 2 rings (SSSR count). The van der Waals surface area contributed by atoms with Gasteiger partial charge in [-0.05, 0) is 30.7 Å². The Labute approximate surface area is 123 Å². The van der Waals surface area contributed by atoms with Crippen molar-refractivity contribution < 1.29 is 14.3 Å². The Morgan fingerprint density at radius 1 is 1.35 bits per heavy atom. The highest BCUT2D eigenvalue weighted by molar-refractivity contribution is 8.00. The van der Waals surface area contributed by atoms with Crippen LogP contribution in [-0.2, 0) is 4.79 Å². The van der Waals surface area contributed by atoms with E-state index in [1.807, 2.05) is 23.1 Å². The standard InChI is InChI=1S/C15H19NO3S/c1-11-16(8-9-20-11)15(17)7-5-12-4-6-13(18-2)14(10-12)19-3/h4-7,10-11H,8-9H2,1-3H3/b7-5+. The summed E-state index contributed by atoms with van der Waals surface area (Å²) in [7, 11) is 3.20. The molecule has 1 heterocycles. The molecule has 4 nitrogen and oxygen atoms in total. The smallest absolute Gasteiger partial charge is 0.247 e. The molecule has 1 aromatic carbocycles. The molecule has 0 aliphatic carbocycles. The summed E-state index contributed by atoms with van der Waals surface area (Å²) in [5, 5.41) is 0.262. The average Bonchev–Trinajstić information content (AvgIpc) is 2.90. The molecular formula is C15H19NO3S. The molecule has 108 valence electrons. The summed E-state index contributed by atoms with van der Waals surface area (Å²) in [5.41, 5.74) is 0.913. The van der Waals surface area contributed by atoms with Crippen LogP contribution in [0.1, 0.15) is 12.5 Å². The quantitative estimate of drug-likeness (QED) is 0.800. The SMILES string of the molecule is COc1ccc(/C=C/C(=O)N2CCSC2C)cc1OC. The number of benzene rings is 1. The van der Waals surface area contributed by atoms with Crippen molar-refractivity contribution in [3.8, 4) is 11.5 Å². The van der Waals surface area contributed by atoms with Gasteiger partial charge in [-0.15, -0.1) is 11.8 Å². The molecule has 1 unspecified atom stereocenters. The predicted octanol–water partition coefficient (Wildman–Crippen LogP) is 2.64. The van der Waals surface area contributed by atoms with E-state index in [9.17, 15) is 4.79 Å². The summed E-state index contributed by atoms with van der Waals surface area (Å²) >= 11 is 1.80. The minimum Gasteiger partial charge on any atom is -0.493 e. The maximum Gasteiger partial charge on any atom is 0.247 e. The van der Waals surface area contributed by atoms with Gasteiger partial charge in [0.05, 0.1) is 19.6 Å². The highest BCUT2D eigenvalue weighted by atomic mass is 32.2. The minimum atomic E-state index is 0.0530. The molecule has 1 fully saturated rings. The summed E-state index contributed by atoms with van der Waals surface area (Å²) in [6.45, 7) is 2.88. The molecule has 0 bridgehead atoms. The molecule has 1 aliphatic rings. The molecule has 1 amide bonds. The summed E-state index contributed by atoms with van der Waals surface area (Å²) in [6.07, 6.45) is 3.42. The van der Waals surface area contributed by atoms with Crippen LogP contribution in [0.25, 0.3) is 6.08 Å². The second-order valence-corrected chi connectivity index (χ2v) is 5.87. The molecule has 1 aromatic rings. The number of carbonyl (C=O) groups is 1. The monoisotopic (exact) mass is 293 g/mol. The van der Waals surface area contributed by atoms with E-state index in [2.05, 4.69) is 6.92 Å². The summed E-state index contributed by atoms with van der Waals surface area (Å²) in [5.74, 6) is 2.40. The Morgan fingerprint density at radius 2 is 2.10 bits per heavy atom. The number of ether oxygens (including phenoxy) is 2. The largest absolute Gasteiger partial charge is 0.493 e. The van der Waals surface area contributed by atoms with Gasteiger partial charge in [0.25, 0.3) is 0 Å². The van der Waals surface area contributed by atoms with E-state index in [1.165, 1.54) is 0 Å². The van der Waals surface area contributed by atoms with E-state index in [0.29, 0.717) is 11.5 Å². The first-order chi connectivity index (χ1) is 9.65. The molecular weight excluding hydrogens is 274 g/mol. The Balaban J connectivity index is 2.09. The molecule has 1 aliphatic heterocycles. The fraction of sp³-hybridized carbons (Fsp3) is 0.400. The molecule has 20 heavy (non-hydrogen) atoms. The van der Waals surface area contributed by atoms with Crippen LogP contribution in [0, 0.1) is 0 Å². The van der Waals surface area contributed by atoms with Crippen molar-refractivity contribution in [2.75, 3.05) is 26.5 Å². The Bertz CT molecular complexity index is 516. The Kier molecular flexibility index (Phi) is 4.95. The van der Waals surface area contributed by atoms with E-state index >= 15 is 0 Å². The van der Waals surface area contributed by atoms with Crippen LogP contribution in [0.4, 0.5) is 0 Å². The lowest BCUT2D eigenvalue weighted by Gasteiger charge is -2.18. The van der Waals surface area contributed by atoms with Gasteiger partial charge < -0.3 is 14.4 Å². The molecule has 0 aromatic heterocycles. The van der Waals surface area contributed by atoms with E-state index in [1.54, 1.807) is 38.1 Å². The normalized spacial score (nSPS) is 18.6. The van der Waals surface area contributed by atoms with E-state index in [0.717, 1.165) is 17.9 Å². The van der Waals surface area contributed by atoms with Crippen molar-refractivity contribution in [1.29, 1.82) is 0 Å². The van der Waals surface area contributed by atoms with Gasteiger partial charge in [0.15, 0.2) is 11.5 Å². The lowest BCUT2D eigenvalue weighted by atomic mass is 10.2. The van der Waals surface area contributed by atoms with Gasteiger partial charge in [-0.2, -0.15) is 0 Å². The van der Waals surface area contributed by atoms with Gasteiger partial charge in [0, 0.05) is 18.4 Å². The van der Waals surface area contributed by atoms with Crippen LogP contribution in [-0.4, -0.2) is 42.7 Å². The Hall–Kier alpha value is -1.62. The summed E-state index contributed by atoms with van der Waals surface area (Å²) in [6, 6.07) is 5.58. The number of carbonyl (C=O) groups excluding carboxylic acids is 1. The summed E-state index contributed by atoms with van der Waals surface area (Å²) < 4.78 is 10.4. The number of thioether (sulfide) groups is 1. The average molecular weight is 293 g/mol. The maximum atomic E-state index is 12.1. The molecule has 5 heteroatoms. The Morgan fingerprint density at radius 3 is 2.70 bits per heavy atom. The maximum absolute atomic E-state index is 12.1. The zero-order valence-electron chi connectivity index (χ0n) is 12.0. The lowest BCUT2D eigenvalue weighted by Crippen LogP contribution is -2.31. The van der Waals surface area contributed by atoms with Gasteiger partial charge in [-0.25, -0.2) is 0 Å². The predicted molar refractivity (Wildman–Crippen MR) is 82.2 cm³/mol. The highest BCUT2D eigenvalue weighted by Crippen LogP contribution is 2.28. The number of amides is 1. The fourth-order valence-electron chi connectivity index (χ4n) is 2.10. The molecule has 0 radical (unpaired) electrons. The fourth-order valence-corrected chi connectivity index (χ4v) is 3.13. The molecule has 1 atom stereocenters. The lowest BCUT2D eigenvalue weighted by molar-refractivity contribution is -0.125. The van der Waals surface area contributed by atoms with Crippen LogP contribution >= 0.6 is 11.8 Å². The van der Waals surface area contributed by atoms with Gasteiger partial charge >= 0.3 is 0 Å². The first-order valence-electron chi connectivity index (χ1n) is 6.48. The third kappa shape index (κ3) is 3.28. The van der Waals surface area contributed by atoms with Crippen molar-refractivity contribution in [2.24, 2.45) is 0 Å². The highest BCUT2D eigenvalue weighted by Gasteiger charge is 2.23. The van der Waals surface area contributed by atoms with Crippen molar-refractivity contribution in [3.63, 3.8) is 0 Å². The van der Waals surface area contributed by atoms with Crippen molar-refractivity contribution in [3.05, 3.63) is 29.8 Å². The number of hydrogen-bond donors (Lipinski definition) is 0. The van der Waals surface area contributed by atoms with Gasteiger partial charge in [-0.1, -0.05) is 6.07 Å². The van der Waals surface area contributed by atoms with Crippen LogP contribution < -0.4 is 9.47 Å². The van der Waals surface area contributed by atoms with Gasteiger partial charge in [-0.3, -0.25) is 4.79 Å². The zero-order chi connectivity index (χ0) is 14.5. The van der Waals surface area contributed by atoms with E-state index in [4.69, 9.17) is 9.47 Å². The van der Waals surface area contributed by atoms with E-state index in [-0.39, 0.29) is 11.3 Å². The van der Waals surface area contributed by atoms with Crippen LogP contribution in [0.3, 0.4) is 0 Å². The number of hydrogen-bond acceptors (Lipinski definition) is 4. The molecule has 1 saturated heterocycles. The van der Waals surface area contributed by atoms with Crippen LogP contribution in [0.2, 0.25) is 0 Å². The summed E-state index contributed by atoms with van der Waals surface area (Å²) in [4.78, 5) is 14.0. The number of rotatable bonds is 4. The van der Waals surface area contributed by atoms with Gasteiger partial charge in [0.2, 0.25) is 5.91 Å². The van der Waals surface area contributed by atoms with Crippen molar-refractivity contribution >= 4 is 23.7 Å². The molecule has 0 spiro atoms. The third-order valence-electron chi connectivity index (χ3n) is 3.24. The van der Waals surface area contributed by atoms with Gasteiger partial charge in [0.1, 0.15) is 0 Å². The second kappa shape index (κ2) is 6.70. The third-order valence-corrected chi connectivity index (χ3v) is 4.39. The van der Waals surface area contributed by atoms with Crippen LogP contribution in [0.15, 0.2) is 24.3 Å². The molecule has 0 N–H and O–H groups in total. The van der Waals surface area contributed by atoms with Crippen molar-refractivity contribution in [2.45, 2.75) is 12.3 Å². The zero-order valence-corrected chi connectivity index (χ0v) is 12.8. The number of methoxy groups -OCH3 is 2. The molecule has 0 saturated carbocycles. The van der Waals surface area contributed by atoms with Crippen molar-refractivity contribution in [1.82, 2.24) is 4.90 Å². The first kappa shape index (κ1) is 14.8. The van der Waals surface area contributed by atoms with E-state index < -0.39 is 0 Å².